The van der Waals surface area contributed by atoms with E-state index in [1.165, 1.54) is 5.56 Å². The number of benzene rings is 1. The Balaban J connectivity index is 1.39. The van der Waals surface area contributed by atoms with Crippen molar-refractivity contribution in [3.63, 3.8) is 0 Å². The quantitative estimate of drug-likeness (QED) is 0.804. The largest absolute Gasteiger partial charge is 0.494 e. The lowest BCUT2D eigenvalue weighted by Crippen LogP contribution is -2.30. The molecule has 0 N–H and O–H groups in total. The van der Waals surface area contributed by atoms with Crippen LogP contribution in [0.15, 0.2) is 41.8 Å². The highest BCUT2D eigenvalue weighted by atomic mass is 32.1. The summed E-state index contributed by atoms with van der Waals surface area (Å²) in [5.74, 6) is 1.75. The van der Waals surface area contributed by atoms with Crippen molar-refractivity contribution in [3.05, 3.63) is 52.2 Å². The Bertz CT molecular complexity index is 621. The van der Waals surface area contributed by atoms with E-state index in [9.17, 15) is 4.79 Å². The third kappa shape index (κ3) is 4.58. The molecular formula is C19H23NO2S. The first-order chi connectivity index (χ1) is 11.2. The van der Waals surface area contributed by atoms with Crippen LogP contribution in [0.2, 0.25) is 0 Å². The first-order valence-electron chi connectivity index (χ1n) is 8.20. The Labute approximate surface area is 141 Å². The highest BCUT2D eigenvalue weighted by Crippen LogP contribution is 2.22. The topological polar surface area (TPSA) is 29.5 Å². The first-order valence-corrected chi connectivity index (χ1v) is 9.08. The van der Waals surface area contributed by atoms with E-state index in [0.29, 0.717) is 12.3 Å². The minimum atomic E-state index is 0.259. The number of carbonyl (C=O) groups excluding carboxylic acids is 1. The van der Waals surface area contributed by atoms with Gasteiger partial charge in [0.2, 0.25) is 5.91 Å². The summed E-state index contributed by atoms with van der Waals surface area (Å²) in [5, 5.41) is 2.03. The van der Waals surface area contributed by atoms with Crippen molar-refractivity contribution in [1.82, 2.24) is 4.90 Å². The predicted octanol–water partition coefficient (Wildman–Crippen LogP) is 3.92. The molecule has 0 radical (unpaired) electrons. The van der Waals surface area contributed by atoms with Gasteiger partial charge in [0.15, 0.2) is 0 Å². The molecule has 0 bridgehead atoms. The summed E-state index contributed by atoms with van der Waals surface area (Å²) in [6.07, 6.45) is 2.65. The summed E-state index contributed by atoms with van der Waals surface area (Å²) in [6, 6.07) is 12.2. The molecule has 3 rings (SSSR count). The summed E-state index contributed by atoms with van der Waals surface area (Å²) < 4.78 is 5.80. The molecule has 1 aromatic carbocycles. The van der Waals surface area contributed by atoms with Gasteiger partial charge in [-0.15, -0.1) is 11.3 Å². The SMILES string of the molecule is Cc1ccc(OCCC2CCN(C(=O)Cc3cccs3)C2)cc1. The predicted molar refractivity (Wildman–Crippen MR) is 94.0 cm³/mol. The second kappa shape index (κ2) is 7.64. The fourth-order valence-corrected chi connectivity index (χ4v) is 3.64. The van der Waals surface area contributed by atoms with Crippen molar-refractivity contribution in [2.75, 3.05) is 19.7 Å². The standard InChI is InChI=1S/C19H23NO2S/c1-15-4-6-17(7-5-15)22-11-9-16-8-10-20(14-16)19(21)13-18-3-2-12-23-18/h2-7,12,16H,8-11,13-14H2,1H3. The van der Waals surface area contributed by atoms with Gasteiger partial charge in [0.25, 0.3) is 0 Å². The maximum atomic E-state index is 12.3. The molecular weight excluding hydrogens is 306 g/mol. The first kappa shape index (κ1) is 16.1. The van der Waals surface area contributed by atoms with Gasteiger partial charge in [-0.3, -0.25) is 4.79 Å². The number of amides is 1. The summed E-state index contributed by atoms with van der Waals surface area (Å²) in [5.41, 5.74) is 1.24. The van der Waals surface area contributed by atoms with Crippen molar-refractivity contribution < 1.29 is 9.53 Å². The van der Waals surface area contributed by atoms with E-state index in [2.05, 4.69) is 19.1 Å². The van der Waals surface area contributed by atoms with E-state index in [1.54, 1.807) is 11.3 Å². The lowest BCUT2D eigenvalue weighted by molar-refractivity contribution is -0.129. The van der Waals surface area contributed by atoms with Crippen molar-refractivity contribution in [2.45, 2.75) is 26.2 Å². The summed E-state index contributed by atoms with van der Waals surface area (Å²) in [7, 11) is 0. The zero-order valence-corrected chi connectivity index (χ0v) is 14.3. The van der Waals surface area contributed by atoms with Crippen LogP contribution in [0.3, 0.4) is 0 Å². The molecule has 2 aromatic rings. The summed E-state index contributed by atoms with van der Waals surface area (Å²) in [4.78, 5) is 15.5. The smallest absolute Gasteiger partial charge is 0.227 e. The van der Waals surface area contributed by atoms with Crippen LogP contribution in [0, 0.1) is 12.8 Å². The van der Waals surface area contributed by atoms with Gasteiger partial charge in [-0.1, -0.05) is 23.8 Å². The molecule has 1 fully saturated rings. The monoisotopic (exact) mass is 329 g/mol. The number of carbonyl (C=O) groups is 1. The van der Waals surface area contributed by atoms with Crippen molar-refractivity contribution in [1.29, 1.82) is 0 Å². The molecule has 3 nitrogen and oxygen atoms in total. The van der Waals surface area contributed by atoms with Crippen molar-refractivity contribution in [2.24, 2.45) is 5.92 Å². The third-order valence-corrected chi connectivity index (χ3v) is 5.24. The molecule has 1 atom stereocenters. The van der Waals surface area contributed by atoms with Gasteiger partial charge in [-0.25, -0.2) is 0 Å². The molecule has 0 saturated carbocycles. The normalized spacial score (nSPS) is 17.4. The molecule has 1 amide bonds. The average molecular weight is 329 g/mol. The van der Waals surface area contributed by atoms with Crippen LogP contribution in [0.25, 0.3) is 0 Å². The Morgan fingerprint density at radius 3 is 2.87 bits per heavy atom. The number of rotatable bonds is 6. The average Bonchev–Trinajstić information content (AvgIpc) is 3.21. The van der Waals surface area contributed by atoms with Gasteiger partial charge in [-0.2, -0.15) is 0 Å². The van der Waals surface area contributed by atoms with E-state index < -0.39 is 0 Å². The number of hydrogen-bond acceptors (Lipinski definition) is 3. The Hall–Kier alpha value is -1.81. The van der Waals surface area contributed by atoms with Crippen LogP contribution in [-0.4, -0.2) is 30.5 Å². The summed E-state index contributed by atoms with van der Waals surface area (Å²) >= 11 is 1.66. The van der Waals surface area contributed by atoms with Gasteiger partial charge < -0.3 is 9.64 Å². The van der Waals surface area contributed by atoms with Gasteiger partial charge in [-0.05, 0) is 49.3 Å². The lowest BCUT2D eigenvalue weighted by Gasteiger charge is -2.16. The number of aryl methyl sites for hydroxylation is 1. The molecule has 23 heavy (non-hydrogen) atoms. The third-order valence-electron chi connectivity index (χ3n) is 4.36. The van der Waals surface area contributed by atoms with Gasteiger partial charge in [0, 0.05) is 18.0 Å². The molecule has 1 saturated heterocycles. The fraction of sp³-hybridized carbons (Fsp3) is 0.421. The molecule has 1 aliphatic heterocycles. The van der Waals surface area contributed by atoms with E-state index >= 15 is 0 Å². The van der Waals surface area contributed by atoms with Crippen LogP contribution in [0.4, 0.5) is 0 Å². The molecule has 122 valence electrons. The molecule has 1 aliphatic rings. The van der Waals surface area contributed by atoms with Gasteiger partial charge in [0.05, 0.1) is 13.0 Å². The second-order valence-corrected chi connectivity index (χ2v) is 7.23. The number of hydrogen-bond donors (Lipinski definition) is 0. The lowest BCUT2D eigenvalue weighted by atomic mass is 10.1. The van der Waals surface area contributed by atoms with Crippen LogP contribution < -0.4 is 4.74 Å². The Morgan fingerprint density at radius 1 is 1.30 bits per heavy atom. The van der Waals surface area contributed by atoms with E-state index in [4.69, 9.17) is 4.74 Å². The molecule has 1 unspecified atom stereocenters. The van der Waals surface area contributed by atoms with Crippen LogP contribution in [0.5, 0.6) is 5.75 Å². The minimum absolute atomic E-state index is 0.259. The number of nitrogens with zero attached hydrogens (tertiary/aromatic N) is 1. The zero-order chi connectivity index (χ0) is 16.1. The van der Waals surface area contributed by atoms with E-state index in [0.717, 1.165) is 43.2 Å². The minimum Gasteiger partial charge on any atom is -0.494 e. The maximum Gasteiger partial charge on any atom is 0.227 e. The second-order valence-electron chi connectivity index (χ2n) is 6.20. The van der Waals surface area contributed by atoms with Crippen molar-refractivity contribution in [3.8, 4) is 5.75 Å². The number of thiophene rings is 1. The number of likely N-dealkylation sites (tertiary alicyclic amines) is 1. The number of ether oxygens (including phenoxy) is 1. The maximum absolute atomic E-state index is 12.3. The van der Waals surface area contributed by atoms with Crippen LogP contribution >= 0.6 is 11.3 Å². The zero-order valence-electron chi connectivity index (χ0n) is 13.5. The molecule has 2 heterocycles. The van der Waals surface area contributed by atoms with E-state index in [1.807, 2.05) is 34.5 Å². The fourth-order valence-electron chi connectivity index (χ4n) is 2.95. The molecule has 0 spiro atoms. The molecule has 1 aromatic heterocycles. The summed E-state index contributed by atoms with van der Waals surface area (Å²) in [6.45, 7) is 4.56. The highest BCUT2D eigenvalue weighted by molar-refractivity contribution is 7.10. The van der Waals surface area contributed by atoms with Crippen LogP contribution in [0.1, 0.15) is 23.3 Å². The molecule has 0 aliphatic carbocycles. The highest BCUT2D eigenvalue weighted by Gasteiger charge is 2.26. The van der Waals surface area contributed by atoms with Crippen LogP contribution in [-0.2, 0) is 11.2 Å². The van der Waals surface area contributed by atoms with E-state index in [-0.39, 0.29) is 5.91 Å². The van der Waals surface area contributed by atoms with Gasteiger partial charge >= 0.3 is 0 Å². The van der Waals surface area contributed by atoms with Gasteiger partial charge in [0.1, 0.15) is 5.75 Å². The Kier molecular flexibility index (Phi) is 5.34. The molecule has 4 heteroatoms. The van der Waals surface area contributed by atoms with Crippen molar-refractivity contribution >= 4 is 17.2 Å². The Morgan fingerprint density at radius 2 is 2.13 bits per heavy atom.